The summed E-state index contributed by atoms with van der Waals surface area (Å²) in [6.45, 7) is 6.89. The predicted octanol–water partition coefficient (Wildman–Crippen LogP) is 2.06. The van der Waals surface area contributed by atoms with E-state index < -0.39 is 6.09 Å². The zero-order chi connectivity index (χ0) is 14.5. The molecule has 2 N–H and O–H groups in total. The van der Waals surface area contributed by atoms with Gasteiger partial charge in [0, 0.05) is 6.04 Å². The highest BCUT2D eigenvalue weighted by Gasteiger charge is 2.33. The van der Waals surface area contributed by atoms with Gasteiger partial charge >= 0.3 is 6.09 Å². The lowest BCUT2D eigenvalue weighted by Crippen LogP contribution is -2.48. The first kappa shape index (κ1) is 16.0. The number of carbonyl (C=O) groups excluding carboxylic acids is 2. The molecular weight excluding hydrogens is 244 g/mol. The molecule has 0 saturated heterocycles. The van der Waals surface area contributed by atoms with Crippen molar-refractivity contribution in [1.29, 1.82) is 0 Å². The number of hydrogen-bond donors (Lipinski definition) is 2. The van der Waals surface area contributed by atoms with Crippen molar-refractivity contribution in [3.8, 4) is 0 Å². The molecule has 2 atom stereocenters. The Morgan fingerprint density at radius 1 is 1.21 bits per heavy atom. The molecular formula is C14H26N2O3. The van der Waals surface area contributed by atoms with Crippen LogP contribution >= 0.6 is 0 Å². The topological polar surface area (TPSA) is 67.4 Å². The highest BCUT2D eigenvalue weighted by atomic mass is 16.5. The van der Waals surface area contributed by atoms with Crippen molar-refractivity contribution in [1.82, 2.24) is 10.6 Å². The third-order valence-electron chi connectivity index (χ3n) is 3.83. The maximum atomic E-state index is 11.5. The highest BCUT2D eigenvalue weighted by molar-refractivity contribution is 5.92. The molecule has 1 fully saturated rings. The van der Waals surface area contributed by atoms with Gasteiger partial charge in [-0.05, 0) is 24.2 Å². The number of imide groups is 1. The number of methoxy groups -OCH3 is 1. The number of rotatable bonds is 3. The van der Waals surface area contributed by atoms with Crippen LogP contribution in [0.3, 0.4) is 0 Å². The standard InChI is InChI=1S/C14H26N2O3/c1-14(2,3)10-7-5-6-8-11(10)15-9-12(17)16-13(18)19-4/h10-11,15H,5-9H2,1-4H3,(H,16,17,18)/t10-,11+/m1/s1. The fraction of sp³-hybridized carbons (Fsp3) is 0.857. The van der Waals surface area contributed by atoms with E-state index in [-0.39, 0.29) is 17.9 Å². The summed E-state index contributed by atoms with van der Waals surface area (Å²) < 4.78 is 4.39. The summed E-state index contributed by atoms with van der Waals surface area (Å²) >= 11 is 0. The summed E-state index contributed by atoms with van der Waals surface area (Å²) in [4.78, 5) is 22.5. The summed E-state index contributed by atoms with van der Waals surface area (Å²) in [5, 5.41) is 5.45. The van der Waals surface area contributed by atoms with E-state index in [1.54, 1.807) is 0 Å². The number of carbonyl (C=O) groups is 2. The molecule has 19 heavy (non-hydrogen) atoms. The minimum absolute atomic E-state index is 0.159. The van der Waals surface area contributed by atoms with Crippen LogP contribution in [0.15, 0.2) is 0 Å². The number of hydrogen-bond acceptors (Lipinski definition) is 4. The maximum absolute atomic E-state index is 11.5. The molecule has 0 radical (unpaired) electrons. The van der Waals surface area contributed by atoms with E-state index in [0.717, 1.165) is 6.42 Å². The second-order valence-corrected chi connectivity index (χ2v) is 6.28. The van der Waals surface area contributed by atoms with Crippen molar-refractivity contribution in [3.63, 3.8) is 0 Å². The lowest BCUT2D eigenvalue weighted by atomic mass is 9.69. The predicted molar refractivity (Wildman–Crippen MR) is 73.8 cm³/mol. The normalized spacial score (nSPS) is 23.8. The first-order valence-corrected chi connectivity index (χ1v) is 6.95. The Labute approximate surface area is 115 Å². The first-order valence-electron chi connectivity index (χ1n) is 6.95. The zero-order valence-corrected chi connectivity index (χ0v) is 12.4. The third kappa shape index (κ3) is 5.19. The molecule has 0 aromatic rings. The van der Waals surface area contributed by atoms with Crippen molar-refractivity contribution < 1.29 is 14.3 Å². The van der Waals surface area contributed by atoms with Crippen LogP contribution in [0.5, 0.6) is 0 Å². The number of ether oxygens (including phenoxy) is 1. The first-order chi connectivity index (χ1) is 8.84. The minimum atomic E-state index is -0.706. The fourth-order valence-electron chi connectivity index (χ4n) is 2.84. The SMILES string of the molecule is COC(=O)NC(=O)CN[C@H]1CCCC[C@H]1C(C)(C)C. The second-order valence-electron chi connectivity index (χ2n) is 6.28. The molecule has 0 aromatic carbocycles. The van der Waals surface area contributed by atoms with E-state index in [2.05, 4.69) is 36.1 Å². The summed E-state index contributed by atoms with van der Waals surface area (Å²) in [5.41, 5.74) is 0.233. The van der Waals surface area contributed by atoms with E-state index in [0.29, 0.717) is 12.0 Å². The average molecular weight is 270 g/mol. The van der Waals surface area contributed by atoms with Crippen LogP contribution in [0.2, 0.25) is 0 Å². The molecule has 0 heterocycles. The molecule has 0 aliphatic heterocycles. The molecule has 110 valence electrons. The molecule has 5 nitrogen and oxygen atoms in total. The molecule has 0 aromatic heterocycles. The second kappa shape index (κ2) is 6.89. The van der Waals surface area contributed by atoms with Crippen LogP contribution in [0, 0.1) is 11.3 Å². The monoisotopic (exact) mass is 270 g/mol. The number of nitrogens with one attached hydrogen (secondary N) is 2. The highest BCUT2D eigenvalue weighted by Crippen LogP contribution is 2.37. The van der Waals surface area contributed by atoms with Crippen LogP contribution < -0.4 is 10.6 Å². The Bertz CT molecular complexity index is 323. The Morgan fingerprint density at radius 2 is 1.84 bits per heavy atom. The van der Waals surface area contributed by atoms with Gasteiger partial charge in [-0.25, -0.2) is 4.79 Å². The van der Waals surface area contributed by atoms with Gasteiger partial charge in [0.1, 0.15) is 0 Å². The van der Waals surface area contributed by atoms with Crippen LogP contribution in [-0.2, 0) is 9.53 Å². The Balaban J connectivity index is 2.45. The molecule has 1 rings (SSSR count). The van der Waals surface area contributed by atoms with Crippen LogP contribution in [-0.4, -0.2) is 31.7 Å². The van der Waals surface area contributed by atoms with Gasteiger partial charge in [0.25, 0.3) is 0 Å². The van der Waals surface area contributed by atoms with Crippen molar-refractivity contribution in [2.24, 2.45) is 11.3 Å². The molecule has 2 amide bonds. The Hall–Kier alpha value is -1.10. The van der Waals surface area contributed by atoms with Crippen molar-refractivity contribution in [2.45, 2.75) is 52.5 Å². The van der Waals surface area contributed by atoms with Crippen LogP contribution in [0.1, 0.15) is 46.5 Å². The summed E-state index contributed by atoms with van der Waals surface area (Å²) in [6.07, 6.45) is 4.03. The quantitative estimate of drug-likeness (QED) is 0.823. The van der Waals surface area contributed by atoms with Gasteiger partial charge < -0.3 is 10.1 Å². The van der Waals surface area contributed by atoms with E-state index in [9.17, 15) is 9.59 Å². The maximum Gasteiger partial charge on any atom is 0.413 e. The molecule has 0 bridgehead atoms. The van der Waals surface area contributed by atoms with Gasteiger partial charge in [-0.3, -0.25) is 10.1 Å². The van der Waals surface area contributed by atoms with E-state index in [4.69, 9.17) is 0 Å². The lowest BCUT2D eigenvalue weighted by molar-refractivity contribution is -0.119. The van der Waals surface area contributed by atoms with Gasteiger partial charge in [0.05, 0.1) is 13.7 Å². The fourth-order valence-corrected chi connectivity index (χ4v) is 2.84. The summed E-state index contributed by atoms with van der Waals surface area (Å²) in [5.74, 6) is 0.220. The molecule has 0 unspecified atom stereocenters. The zero-order valence-electron chi connectivity index (χ0n) is 12.4. The van der Waals surface area contributed by atoms with Crippen LogP contribution in [0.4, 0.5) is 4.79 Å². The van der Waals surface area contributed by atoms with Crippen molar-refractivity contribution in [3.05, 3.63) is 0 Å². The van der Waals surface area contributed by atoms with E-state index in [1.165, 1.54) is 26.4 Å². The van der Waals surface area contributed by atoms with E-state index >= 15 is 0 Å². The third-order valence-corrected chi connectivity index (χ3v) is 3.83. The summed E-state index contributed by atoms with van der Waals surface area (Å²) in [6, 6.07) is 0.345. The van der Waals surface area contributed by atoms with Gasteiger partial charge in [-0.1, -0.05) is 33.6 Å². The average Bonchev–Trinajstić information content (AvgIpc) is 2.35. The summed E-state index contributed by atoms with van der Waals surface area (Å²) in [7, 11) is 1.24. The number of amides is 2. The molecule has 1 aliphatic rings. The lowest BCUT2D eigenvalue weighted by Gasteiger charge is -2.40. The van der Waals surface area contributed by atoms with E-state index in [1.807, 2.05) is 0 Å². The van der Waals surface area contributed by atoms with Gasteiger partial charge in [-0.15, -0.1) is 0 Å². The van der Waals surface area contributed by atoms with Gasteiger partial charge in [0.15, 0.2) is 0 Å². The van der Waals surface area contributed by atoms with Gasteiger partial charge in [-0.2, -0.15) is 0 Å². The molecule has 1 aliphatic carbocycles. The number of alkyl carbamates (subject to hydrolysis) is 1. The molecule has 1 saturated carbocycles. The largest absolute Gasteiger partial charge is 0.453 e. The Kier molecular flexibility index (Phi) is 5.79. The smallest absolute Gasteiger partial charge is 0.413 e. The van der Waals surface area contributed by atoms with Gasteiger partial charge in [0.2, 0.25) is 5.91 Å². The minimum Gasteiger partial charge on any atom is -0.453 e. The van der Waals surface area contributed by atoms with Crippen LogP contribution in [0.25, 0.3) is 0 Å². The molecule has 5 heteroatoms. The van der Waals surface area contributed by atoms with Crippen molar-refractivity contribution in [2.75, 3.05) is 13.7 Å². The van der Waals surface area contributed by atoms with Crippen molar-refractivity contribution >= 4 is 12.0 Å². The Morgan fingerprint density at radius 3 is 2.42 bits per heavy atom. The molecule has 0 spiro atoms.